The maximum Gasteiger partial charge on any atom is 0.412 e. The van der Waals surface area contributed by atoms with Crippen LogP contribution in [-0.2, 0) is 25.5 Å². The maximum absolute atomic E-state index is 13.0. The van der Waals surface area contributed by atoms with Crippen LogP contribution < -0.4 is 5.32 Å². The lowest BCUT2D eigenvalue weighted by atomic mass is 10.1. The molecule has 7 nitrogen and oxygen atoms in total. The highest BCUT2D eigenvalue weighted by molar-refractivity contribution is 9.10. The van der Waals surface area contributed by atoms with Crippen LogP contribution in [0.5, 0.6) is 0 Å². The Balaban J connectivity index is 2.09. The first kappa shape index (κ1) is 24.4. The van der Waals surface area contributed by atoms with Crippen LogP contribution in [0.15, 0.2) is 59.1 Å². The summed E-state index contributed by atoms with van der Waals surface area (Å²) in [5.41, 5.74) is 0.690. The summed E-state index contributed by atoms with van der Waals surface area (Å²) in [6, 6.07) is 16.2. The summed E-state index contributed by atoms with van der Waals surface area (Å²) in [5, 5.41) is 2.61. The first-order valence-corrected chi connectivity index (χ1v) is 10.6. The Hall–Kier alpha value is -2.87. The second-order valence-electron chi connectivity index (χ2n) is 8.00. The third-order valence-corrected chi connectivity index (χ3v) is 4.57. The maximum atomic E-state index is 13.0. The molecule has 1 unspecified atom stereocenters. The predicted octanol–water partition coefficient (Wildman–Crippen LogP) is 4.41. The number of hydrogen-bond acceptors (Lipinski definition) is 5. The van der Waals surface area contributed by atoms with Crippen molar-refractivity contribution >= 4 is 39.6 Å². The molecular weight excluding hydrogens is 464 g/mol. The van der Waals surface area contributed by atoms with Crippen LogP contribution in [-0.4, -0.2) is 48.2 Å². The summed E-state index contributed by atoms with van der Waals surface area (Å²) in [6.45, 7) is 5.00. The van der Waals surface area contributed by atoms with Crippen LogP contribution in [0.1, 0.15) is 26.3 Å². The summed E-state index contributed by atoms with van der Waals surface area (Å²) in [5.74, 6) is -1.04. The van der Waals surface area contributed by atoms with Gasteiger partial charge in [-0.15, -0.1) is 0 Å². The first-order valence-electron chi connectivity index (χ1n) is 9.77. The number of likely N-dealkylation sites (N-methyl/N-ethyl adjacent to an activating group) is 1. The molecule has 0 aliphatic heterocycles. The monoisotopic (exact) mass is 490 g/mol. The van der Waals surface area contributed by atoms with E-state index >= 15 is 0 Å². The molecule has 2 aromatic carbocycles. The van der Waals surface area contributed by atoms with Crippen molar-refractivity contribution in [2.24, 2.45) is 0 Å². The fourth-order valence-electron chi connectivity index (χ4n) is 2.71. The third-order valence-electron chi connectivity index (χ3n) is 4.04. The number of nitrogens with one attached hydrogen (secondary N) is 1. The summed E-state index contributed by atoms with van der Waals surface area (Å²) < 4.78 is 11.6. The lowest BCUT2D eigenvalue weighted by Gasteiger charge is -2.25. The van der Waals surface area contributed by atoms with E-state index in [0.29, 0.717) is 5.69 Å². The zero-order valence-corrected chi connectivity index (χ0v) is 19.6. The number of anilines is 1. The van der Waals surface area contributed by atoms with Crippen molar-refractivity contribution in [3.05, 3.63) is 64.6 Å². The van der Waals surface area contributed by atoms with Crippen LogP contribution in [0.4, 0.5) is 10.5 Å². The van der Waals surface area contributed by atoms with Crippen LogP contribution in [0, 0.1) is 0 Å². The fourth-order valence-corrected chi connectivity index (χ4v) is 2.97. The molecule has 0 spiro atoms. The van der Waals surface area contributed by atoms with Gasteiger partial charge in [0.25, 0.3) is 5.91 Å². The lowest BCUT2D eigenvalue weighted by molar-refractivity contribution is -0.159. The molecule has 0 heterocycles. The van der Waals surface area contributed by atoms with Gasteiger partial charge in [0.2, 0.25) is 0 Å². The highest BCUT2D eigenvalue weighted by Gasteiger charge is 2.29. The Kier molecular flexibility index (Phi) is 8.62. The molecule has 0 radical (unpaired) electrons. The number of carbonyl (C=O) groups excluding carboxylic acids is 3. The van der Waals surface area contributed by atoms with E-state index in [-0.39, 0.29) is 13.0 Å². The fraction of sp³-hybridized carbons (Fsp3) is 0.348. The van der Waals surface area contributed by atoms with E-state index in [4.69, 9.17) is 9.47 Å². The Morgan fingerprint density at radius 3 is 2.23 bits per heavy atom. The van der Waals surface area contributed by atoms with Crippen molar-refractivity contribution in [1.29, 1.82) is 0 Å². The average molecular weight is 491 g/mol. The molecule has 2 rings (SSSR count). The molecule has 1 N–H and O–H groups in total. The number of amides is 2. The van der Waals surface area contributed by atoms with Gasteiger partial charge in [-0.1, -0.05) is 46.3 Å². The van der Waals surface area contributed by atoms with E-state index in [1.165, 1.54) is 11.9 Å². The van der Waals surface area contributed by atoms with Gasteiger partial charge in [0.15, 0.2) is 6.10 Å². The zero-order chi connectivity index (χ0) is 23.0. The SMILES string of the molecule is CN(CC(=O)OC(C)(C)C)C(=O)C(Cc1ccccc1)OC(=O)Nc1ccc(Br)cc1. The largest absolute Gasteiger partial charge is 0.459 e. The number of carbonyl (C=O) groups is 3. The molecule has 0 saturated carbocycles. The molecule has 1 atom stereocenters. The number of hydrogen-bond donors (Lipinski definition) is 1. The van der Waals surface area contributed by atoms with Gasteiger partial charge < -0.3 is 14.4 Å². The van der Waals surface area contributed by atoms with Gasteiger partial charge in [0, 0.05) is 23.6 Å². The molecule has 0 aliphatic carbocycles. The van der Waals surface area contributed by atoms with E-state index in [1.54, 1.807) is 45.0 Å². The summed E-state index contributed by atoms with van der Waals surface area (Å²) >= 11 is 3.33. The minimum atomic E-state index is -1.11. The van der Waals surface area contributed by atoms with Gasteiger partial charge in [-0.25, -0.2) is 4.79 Å². The lowest BCUT2D eigenvalue weighted by Crippen LogP contribution is -2.44. The molecule has 2 amide bonds. The van der Waals surface area contributed by atoms with Crippen molar-refractivity contribution in [3.63, 3.8) is 0 Å². The van der Waals surface area contributed by atoms with Gasteiger partial charge in [-0.2, -0.15) is 0 Å². The minimum absolute atomic E-state index is 0.173. The Morgan fingerprint density at radius 1 is 1.03 bits per heavy atom. The van der Waals surface area contributed by atoms with Crippen LogP contribution >= 0.6 is 15.9 Å². The quantitative estimate of drug-likeness (QED) is 0.581. The number of rotatable bonds is 7. The van der Waals surface area contributed by atoms with Gasteiger partial charge in [0.1, 0.15) is 12.1 Å². The van der Waals surface area contributed by atoms with Crippen LogP contribution in [0.25, 0.3) is 0 Å². The molecule has 0 bridgehead atoms. The number of halogens is 1. The normalized spacial score (nSPS) is 11.9. The van der Waals surface area contributed by atoms with Gasteiger partial charge >= 0.3 is 12.1 Å². The third kappa shape index (κ3) is 8.80. The van der Waals surface area contributed by atoms with E-state index in [2.05, 4.69) is 21.2 Å². The number of esters is 1. The van der Waals surface area contributed by atoms with Crippen molar-refractivity contribution in [2.45, 2.75) is 38.9 Å². The molecular formula is C23H27BrN2O5. The van der Waals surface area contributed by atoms with E-state index in [1.807, 2.05) is 30.3 Å². The van der Waals surface area contributed by atoms with Crippen molar-refractivity contribution in [1.82, 2.24) is 4.90 Å². The number of ether oxygens (including phenoxy) is 2. The molecule has 31 heavy (non-hydrogen) atoms. The number of benzene rings is 2. The van der Waals surface area contributed by atoms with E-state index in [9.17, 15) is 14.4 Å². The topological polar surface area (TPSA) is 84.9 Å². The van der Waals surface area contributed by atoms with Crippen LogP contribution in [0.2, 0.25) is 0 Å². The molecule has 0 aromatic heterocycles. The van der Waals surface area contributed by atoms with E-state index in [0.717, 1.165) is 10.0 Å². The summed E-state index contributed by atoms with van der Waals surface area (Å²) in [7, 11) is 1.47. The van der Waals surface area contributed by atoms with Crippen molar-refractivity contribution in [3.8, 4) is 0 Å². The molecule has 0 aliphatic rings. The molecule has 8 heteroatoms. The average Bonchev–Trinajstić information content (AvgIpc) is 2.68. The molecule has 166 valence electrons. The van der Waals surface area contributed by atoms with Crippen molar-refractivity contribution < 1.29 is 23.9 Å². The Bertz CT molecular complexity index is 894. The highest BCUT2D eigenvalue weighted by atomic mass is 79.9. The zero-order valence-electron chi connectivity index (χ0n) is 18.1. The summed E-state index contributed by atoms with van der Waals surface area (Å²) in [6.07, 6.45) is -1.70. The predicted molar refractivity (Wildman–Crippen MR) is 122 cm³/mol. The minimum Gasteiger partial charge on any atom is -0.459 e. The van der Waals surface area contributed by atoms with Crippen LogP contribution in [0.3, 0.4) is 0 Å². The Labute approximate surface area is 190 Å². The molecule has 0 saturated heterocycles. The second kappa shape index (κ2) is 10.9. The second-order valence-corrected chi connectivity index (χ2v) is 8.91. The summed E-state index contributed by atoms with van der Waals surface area (Å²) in [4.78, 5) is 38.7. The highest BCUT2D eigenvalue weighted by Crippen LogP contribution is 2.16. The molecule has 2 aromatic rings. The standard InChI is InChI=1S/C23H27BrN2O5/c1-23(2,3)31-20(27)15-26(4)21(28)19(14-16-8-6-5-7-9-16)30-22(29)25-18-12-10-17(24)11-13-18/h5-13,19H,14-15H2,1-4H3,(H,25,29). The van der Waals surface area contributed by atoms with Gasteiger partial charge in [-0.3, -0.25) is 14.9 Å². The number of nitrogens with zero attached hydrogens (tertiary/aromatic N) is 1. The van der Waals surface area contributed by atoms with Gasteiger partial charge in [0.05, 0.1) is 0 Å². The smallest absolute Gasteiger partial charge is 0.412 e. The van der Waals surface area contributed by atoms with E-state index < -0.39 is 29.7 Å². The first-order chi connectivity index (χ1) is 14.5. The van der Waals surface area contributed by atoms with Gasteiger partial charge in [-0.05, 0) is 50.6 Å². The molecule has 0 fully saturated rings. The Morgan fingerprint density at radius 2 is 1.65 bits per heavy atom. The van der Waals surface area contributed by atoms with Crippen molar-refractivity contribution in [2.75, 3.05) is 18.9 Å².